The van der Waals surface area contributed by atoms with E-state index in [1.165, 1.54) is 18.2 Å². The number of amides is 2. The van der Waals surface area contributed by atoms with Gasteiger partial charge in [0.25, 0.3) is 11.8 Å². The van der Waals surface area contributed by atoms with Crippen LogP contribution < -0.4 is 0 Å². The summed E-state index contributed by atoms with van der Waals surface area (Å²) in [6, 6.07) is 14.6. The highest BCUT2D eigenvalue weighted by molar-refractivity contribution is 6.05. The maximum atomic E-state index is 14.2. The van der Waals surface area contributed by atoms with Crippen LogP contribution in [0.2, 0.25) is 0 Å². The maximum absolute atomic E-state index is 14.2. The van der Waals surface area contributed by atoms with Crippen LogP contribution in [0, 0.1) is 12.7 Å². The molecule has 0 aliphatic carbocycles. The zero-order valence-corrected chi connectivity index (χ0v) is 20.4. The van der Waals surface area contributed by atoms with Crippen LogP contribution >= 0.6 is 0 Å². The van der Waals surface area contributed by atoms with E-state index in [0.29, 0.717) is 17.1 Å². The maximum Gasteiger partial charge on any atom is 0.342 e. The van der Waals surface area contributed by atoms with E-state index in [1.807, 2.05) is 30.3 Å². The molecule has 36 heavy (non-hydrogen) atoms. The molecule has 8 nitrogen and oxygen atoms in total. The minimum absolute atomic E-state index is 0.00680. The zero-order chi connectivity index (χ0) is 25.8. The number of carbonyl (C=O) groups is 3. The summed E-state index contributed by atoms with van der Waals surface area (Å²) in [5, 5.41) is 0. The molecule has 1 aliphatic heterocycles. The highest BCUT2D eigenvalue weighted by Crippen LogP contribution is 2.23. The molecule has 1 unspecified atom stereocenters. The SMILES string of the molecule is CCOC(=O)c1c(C)nc(-c2ccccc2)nc1C(=O)N1CCN(C(=O)c2ccccc2F)C(C)C1. The molecule has 186 valence electrons. The number of esters is 1. The second kappa shape index (κ2) is 10.6. The van der Waals surface area contributed by atoms with Crippen molar-refractivity contribution in [2.75, 3.05) is 26.2 Å². The summed E-state index contributed by atoms with van der Waals surface area (Å²) in [4.78, 5) is 51.4. The fourth-order valence-corrected chi connectivity index (χ4v) is 4.27. The molecule has 0 saturated carbocycles. The van der Waals surface area contributed by atoms with Gasteiger partial charge >= 0.3 is 5.97 Å². The number of carbonyl (C=O) groups excluding carboxylic acids is 3. The first-order valence-electron chi connectivity index (χ1n) is 11.8. The van der Waals surface area contributed by atoms with Crippen LogP contribution in [0.3, 0.4) is 0 Å². The van der Waals surface area contributed by atoms with E-state index in [0.717, 1.165) is 0 Å². The predicted octanol–water partition coefficient (Wildman–Crippen LogP) is 3.75. The van der Waals surface area contributed by atoms with Gasteiger partial charge in [0.05, 0.1) is 17.9 Å². The average molecular weight is 491 g/mol. The van der Waals surface area contributed by atoms with Gasteiger partial charge in [0.2, 0.25) is 0 Å². The van der Waals surface area contributed by atoms with Gasteiger partial charge in [0.15, 0.2) is 5.82 Å². The molecule has 2 aromatic carbocycles. The Labute approximate surface area is 208 Å². The number of aryl methyl sites for hydroxylation is 1. The highest BCUT2D eigenvalue weighted by atomic mass is 19.1. The van der Waals surface area contributed by atoms with Crippen molar-refractivity contribution in [3.05, 3.63) is 82.9 Å². The van der Waals surface area contributed by atoms with Crippen molar-refractivity contribution in [1.82, 2.24) is 19.8 Å². The van der Waals surface area contributed by atoms with Gasteiger partial charge < -0.3 is 14.5 Å². The van der Waals surface area contributed by atoms with E-state index < -0.39 is 23.6 Å². The van der Waals surface area contributed by atoms with Crippen molar-refractivity contribution in [2.45, 2.75) is 26.8 Å². The number of nitrogens with zero attached hydrogens (tertiary/aromatic N) is 4. The Morgan fingerprint density at radius 2 is 1.69 bits per heavy atom. The van der Waals surface area contributed by atoms with Crippen LogP contribution in [0.4, 0.5) is 4.39 Å². The molecular formula is C27H27FN4O4. The normalized spacial score (nSPS) is 15.5. The van der Waals surface area contributed by atoms with Crippen LogP contribution in [-0.2, 0) is 4.74 Å². The van der Waals surface area contributed by atoms with Gasteiger partial charge in [-0.3, -0.25) is 9.59 Å². The molecule has 2 amide bonds. The van der Waals surface area contributed by atoms with Crippen molar-refractivity contribution in [3.63, 3.8) is 0 Å². The third kappa shape index (κ3) is 4.95. The molecule has 9 heteroatoms. The smallest absolute Gasteiger partial charge is 0.342 e. The van der Waals surface area contributed by atoms with Crippen LogP contribution in [0.1, 0.15) is 50.7 Å². The number of aromatic nitrogens is 2. The summed E-state index contributed by atoms with van der Waals surface area (Å²) in [6.45, 7) is 5.88. The molecule has 1 atom stereocenters. The second-order valence-corrected chi connectivity index (χ2v) is 8.52. The van der Waals surface area contributed by atoms with Crippen LogP contribution in [0.15, 0.2) is 54.6 Å². The molecule has 3 aromatic rings. The monoisotopic (exact) mass is 490 g/mol. The van der Waals surface area contributed by atoms with Crippen LogP contribution in [-0.4, -0.2) is 69.8 Å². The first-order chi connectivity index (χ1) is 17.3. The van der Waals surface area contributed by atoms with Gasteiger partial charge in [-0.05, 0) is 32.9 Å². The van der Waals surface area contributed by atoms with E-state index >= 15 is 0 Å². The van der Waals surface area contributed by atoms with Gasteiger partial charge in [0, 0.05) is 31.2 Å². The van der Waals surface area contributed by atoms with Gasteiger partial charge in [-0.2, -0.15) is 0 Å². The van der Waals surface area contributed by atoms with E-state index in [2.05, 4.69) is 9.97 Å². The van der Waals surface area contributed by atoms with Crippen molar-refractivity contribution < 1.29 is 23.5 Å². The summed E-state index contributed by atoms with van der Waals surface area (Å²) in [6.07, 6.45) is 0. The highest BCUT2D eigenvalue weighted by Gasteiger charge is 2.34. The number of rotatable bonds is 5. The fraction of sp³-hybridized carbons (Fsp3) is 0.296. The van der Waals surface area contributed by atoms with Crippen molar-refractivity contribution in [1.29, 1.82) is 0 Å². The summed E-state index contributed by atoms with van der Waals surface area (Å²) >= 11 is 0. The van der Waals surface area contributed by atoms with Crippen molar-refractivity contribution in [2.24, 2.45) is 0 Å². The van der Waals surface area contributed by atoms with Gasteiger partial charge in [0.1, 0.15) is 17.1 Å². The molecule has 1 aliphatic rings. The fourth-order valence-electron chi connectivity index (χ4n) is 4.27. The average Bonchev–Trinajstić information content (AvgIpc) is 2.88. The first-order valence-corrected chi connectivity index (χ1v) is 11.8. The topological polar surface area (TPSA) is 92.7 Å². The Kier molecular flexibility index (Phi) is 7.38. The quantitative estimate of drug-likeness (QED) is 0.506. The Morgan fingerprint density at radius 3 is 2.36 bits per heavy atom. The Hall–Kier alpha value is -4.14. The number of hydrogen-bond donors (Lipinski definition) is 0. The number of benzene rings is 2. The zero-order valence-electron chi connectivity index (χ0n) is 20.4. The molecule has 2 heterocycles. The van der Waals surface area contributed by atoms with E-state index in [-0.39, 0.29) is 49.1 Å². The van der Waals surface area contributed by atoms with Gasteiger partial charge in [-0.1, -0.05) is 42.5 Å². The number of hydrogen-bond acceptors (Lipinski definition) is 6. The molecule has 4 rings (SSSR count). The second-order valence-electron chi connectivity index (χ2n) is 8.52. The molecule has 1 saturated heterocycles. The molecule has 0 spiro atoms. The van der Waals surface area contributed by atoms with E-state index in [9.17, 15) is 18.8 Å². The summed E-state index contributed by atoms with van der Waals surface area (Å²) in [5.74, 6) is -1.81. The molecule has 1 fully saturated rings. The Balaban J connectivity index is 1.63. The predicted molar refractivity (Wildman–Crippen MR) is 131 cm³/mol. The van der Waals surface area contributed by atoms with E-state index in [1.54, 1.807) is 36.6 Å². The lowest BCUT2D eigenvalue weighted by Crippen LogP contribution is -2.55. The molecule has 1 aromatic heterocycles. The minimum atomic E-state index is -0.667. The van der Waals surface area contributed by atoms with Crippen LogP contribution in [0.5, 0.6) is 0 Å². The van der Waals surface area contributed by atoms with Crippen molar-refractivity contribution in [3.8, 4) is 11.4 Å². The standard InChI is InChI=1S/C27H27FN4O4/c1-4-36-27(35)22-18(3)29-24(19-10-6-5-7-11-19)30-23(22)26(34)31-14-15-32(17(2)16-31)25(33)20-12-8-9-13-21(20)28/h5-13,17H,4,14-16H2,1-3H3. The minimum Gasteiger partial charge on any atom is -0.462 e. The largest absolute Gasteiger partial charge is 0.462 e. The number of ether oxygens (including phenoxy) is 1. The molecule has 0 radical (unpaired) electrons. The third-order valence-electron chi connectivity index (χ3n) is 6.08. The summed E-state index contributed by atoms with van der Waals surface area (Å²) < 4.78 is 19.4. The molecule has 0 N–H and O–H groups in total. The van der Waals surface area contributed by atoms with Crippen molar-refractivity contribution >= 4 is 17.8 Å². The molecular weight excluding hydrogens is 463 g/mol. The Morgan fingerprint density at radius 1 is 1.00 bits per heavy atom. The number of halogens is 1. The lowest BCUT2D eigenvalue weighted by molar-refractivity contribution is 0.0403. The van der Waals surface area contributed by atoms with Gasteiger partial charge in [-0.15, -0.1) is 0 Å². The summed E-state index contributed by atoms with van der Waals surface area (Å²) in [5.41, 5.74) is 1.03. The lowest BCUT2D eigenvalue weighted by atomic mass is 10.1. The first kappa shape index (κ1) is 25.0. The number of piperazine rings is 1. The Bertz CT molecular complexity index is 1300. The summed E-state index contributed by atoms with van der Waals surface area (Å²) in [7, 11) is 0. The lowest BCUT2D eigenvalue weighted by Gasteiger charge is -2.40. The third-order valence-corrected chi connectivity index (χ3v) is 6.08. The molecule has 0 bridgehead atoms. The van der Waals surface area contributed by atoms with Gasteiger partial charge in [-0.25, -0.2) is 19.2 Å². The van der Waals surface area contributed by atoms with E-state index in [4.69, 9.17) is 4.74 Å². The van der Waals surface area contributed by atoms with Crippen LogP contribution in [0.25, 0.3) is 11.4 Å².